The van der Waals surface area contributed by atoms with Gasteiger partial charge in [-0.15, -0.1) is 0 Å². The van der Waals surface area contributed by atoms with Gasteiger partial charge in [0, 0.05) is 13.6 Å². The number of imidazole rings is 1. The lowest BCUT2D eigenvalue weighted by atomic mass is 10.1. The molecule has 0 aliphatic rings. The minimum absolute atomic E-state index is 0.0914. The molecule has 130 valence electrons. The molecule has 0 unspecified atom stereocenters. The molecule has 2 aromatic carbocycles. The number of aromatic nitrogens is 2. The van der Waals surface area contributed by atoms with Crippen molar-refractivity contribution in [2.45, 2.75) is 25.8 Å². The molecule has 3 rings (SSSR count). The van der Waals surface area contributed by atoms with Crippen LogP contribution in [0.15, 0.2) is 48.5 Å². The third kappa shape index (κ3) is 3.87. The maximum absolute atomic E-state index is 12.8. The van der Waals surface area contributed by atoms with Gasteiger partial charge < -0.3 is 9.47 Å². The highest BCUT2D eigenvalue weighted by molar-refractivity contribution is 7.97. The summed E-state index contributed by atoms with van der Waals surface area (Å²) >= 11 is 1.72. The molecular formula is C20H23N3OS. The first-order valence-electron chi connectivity index (χ1n) is 8.31. The van der Waals surface area contributed by atoms with Crippen LogP contribution in [0.5, 0.6) is 0 Å². The van der Waals surface area contributed by atoms with E-state index in [2.05, 4.69) is 30.3 Å². The van der Waals surface area contributed by atoms with E-state index in [-0.39, 0.29) is 5.91 Å². The van der Waals surface area contributed by atoms with Crippen LogP contribution in [0.3, 0.4) is 0 Å². The summed E-state index contributed by atoms with van der Waals surface area (Å²) in [7, 11) is 1.86. The van der Waals surface area contributed by atoms with Crippen molar-refractivity contribution < 1.29 is 4.79 Å². The van der Waals surface area contributed by atoms with E-state index in [0.717, 1.165) is 22.6 Å². The predicted molar refractivity (Wildman–Crippen MR) is 105 cm³/mol. The van der Waals surface area contributed by atoms with E-state index < -0.39 is 0 Å². The second-order valence-electron chi connectivity index (χ2n) is 6.21. The normalized spacial score (nSPS) is 11.0. The van der Waals surface area contributed by atoms with Gasteiger partial charge in [0.2, 0.25) is 5.91 Å². The quantitative estimate of drug-likeness (QED) is 0.675. The lowest BCUT2D eigenvalue weighted by Gasteiger charge is -2.19. The number of amides is 1. The van der Waals surface area contributed by atoms with Crippen LogP contribution in [0, 0.1) is 6.92 Å². The minimum Gasteiger partial charge on any atom is -0.340 e. The summed E-state index contributed by atoms with van der Waals surface area (Å²) < 4.78 is 2.04. The summed E-state index contributed by atoms with van der Waals surface area (Å²) in [6, 6.07) is 16.2. The van der Waals surface area contributed by atoms with Crippen molar-refractivity contribution in [3.05, 3.63) is 65.5 Å². The van der Waals surface area contributed by atoms with E-state index in [1.807, 2.05) is 48.0 Å². The van der Waals surface area contributed by atoms with Crippen LogP contribution in [0.4, 0.5) is 0 Å². The monoisotopic (exact) mass is 353 g/mol. The Balaban J connectivity index is 1.81. The topological polar surface area (TPSA) is 38.1 Å². The van der Waals surface area contributed by atoms with E-state index in [1.165, 1.54) is 11.1 Å². The number of carbonyl (C=O) groups excluding carboxylic acids is 1. The zero-order valence-corrected chi connectivity index (χ0v) is 15.7. The fourth-order valence-electron chi connectivity index (χ4n) is 2.93. The Bertz CT molecular complexity index is 888. The second-order valence-corrected chi connectivity index (χ2v) is 7.08. The van der Waals surface area contributed by atoms with Gasteiger partial charge in [-0.25, -0.2) is 4.98 Å². The SMILES string of the molecule is CSCc1nc2ccccc2n1CC(=O)N(C)Cc1ccccc1C. The molecule has 0 bridgehead atoms. The first-order chi connectivity index (χ1) is 12.1. The van der Waals surface area contributed by atoms with Gasteiger partial charge >= 0.3 is 0 Å². The molecule has 25 heavy (non-hydrogen) atoms. The maximum atomic E-state index is 12.8. The Labute approximate surface area is 152 Å². The Morgan fingerprint density at radius 3 is 2.64 bits per heavy atom. The molecule has 1 heterocycles. The van der Waals surface area contributed by atoms with Crippen molar-refractivity contribution in [2.24, 2.45) is 0 Å². The van der Waals surface area contributed by atoms with Crippen molar-refractivity contribution in [3.8, 4) is 0 Å². The molecule has 1 amide bonds. The molecule has 0 saturated carbocycles. The van der Waals surface area contributed by atoms with Gasteiger partial charge in [0.05, 0.1) is 16.8 Å². The second kappa shape index (κ2) is 7.74. The Hall–Kier alpha value is -2.27. The van der Waals surface area contributed by atoms with Crippen molar-refractivity contribution in [1.82, 2.24) is 14.5 Å². The number of hydrogen-bond donors (Lipinski definition) is 0. The summed E-state index contributed by atoms with van der Waals surface area (Å²) in [5.41, 5.74) is 4.35. The minimum atomic E-state index is 0.0914. The number of rotatable bonds is 6. The summed E-state index contributed by atoms with van der Waals surface area (Å²) in [5, 5.41) is 0. The lowest BCUT2D eigenvalue weighted by molar-refractivity contribution is -0.131. The number of nitrogens with zero attached hydrogens (tertiary/aromatic N) is 3. The summed E-state index contributed by atoms with van der Waals surface area (Å²) in [5.74, 6) is 1.84. The molecule has 4 nitrogen and oxygen atoms in total. The fraction of sp³-hybridized carbons (Fsp3) is 0.300. The summed E-state index contributed by atoms with van der Waals surface area (Å²) in [4.78, 5) is 19.3. The first-order valence-corrected chi connectivity index (χ1v) is 9.71. The van der Waals surface area contributed by atoms with Crippen LogP contribution < -0.4 is 0 Å². The number of aryl methyl sites for hydroxylation is 1. The number of carbonyl (C=O) groups is 1. The molecule has 0 N–H and O–H groups in total. The van der Waals surface area contributed by atoms with Crippen LogP contribution in [0.1, 0.15) is 17.0 Å². The number of benzene rings is 2. The van der Waals surface area contributed by atoms with Crippen molar-refractivity contribution in [2.75, 3.05) is 13.3 Å². The Kier molecular flexibility index (Phi) is 5.43. The van der Waals surface area contributed by atoms with Gasteiger partial charge in [0.1, 0.15) is 12.4 Å². The third-order valence-electron chi connectivity index (χ3n) is 4.39. The third-order valence-corrected chi connectivity index (χ3v) is 4.94. The van der Waals surface area contributed by atoms with Crippen LogP contribution >= 0.6 is 11.8 Å². The number of para-hydroxylation sites is 2. The van der Waals surface area contributed by atoms with Crippen molar-refractivity contribution in [1.29, 1.82) is 0 Å². The fourth-order valence-corrected chi connectivity index (χ4v) is 3.41. The van der Waals surface area contributed by atoms with Crippen molar-refractivity contribution >= 4 is 28.7 Å². The predicted octanol–water partition coefficient (Wildman–Crippen LogP) is 3.87. The van der Waals surface area contributed by atoms with Gasteiger partial charge in [-0.05, 0) is 36.4 Å². The maximum Gasteiger partial charge on any atom is 0.242 e. The van der Waals surface area contributed by atoms with E-state index in [9.17, 15) is 4.79 Å². The number of fused-ring (bicyclic) bond motifs is 1. The van der Waals surface area contributed by atoms with Gasteiger partial charge in [-0.2, -0.15) is 11.8 Å². The highest BCUT2D eigenvalue weighted by Gasteiger charge is 2.16. The molecule has 0 fully saturated rings. The van der Waals surface area contributed by atoms with Crippen LogP contribution in [-0.4, -0.2) is 33.7 Å². The molecular weight excluding hydrogens is 330 g/mol. The molecule has 0 spiro atoms. The number of hydrogen-bond acceptors (Lipinski definition) is 3. The highest BCUT2D eigenvalue weighted by Crippen LogP contribution is 2.19. The lowest BCUT2D eigenvalue weighted by Crippen LogP contribution is -2.30. The van der Waals surface area contributed by atoms with E-state index in [1.54, 1.807) is 16.7 Å². The van der Waals surface area contributed by atoms with Crippen LogP contribution in [-0.2, 0) is 23.6 Å². The van der Waals surface area contributed by atoms with Gasteiger partial charge in [-0.3, -0.25) is 4.79 Å². The highest BCUT2D eigenvalue weighted by atomic mass is 32.2. The molecule has 0 atom stereocenters. The average molecular weight is 353 g/mol. The van der Waals surface area contributed by atoms with Crippen LogP contribution in [0.25, 0.3) is 11.0 Å². The molecule has 3 aromatic rings. The van der Waals surface area contributed by atoms with Gasteiger partial charge in [0.25, 0.3) is 0 Å². The molecule has 0 saturated heterocycles. The average Bonchev–Trinajstić information content (AvgIpc) is 2.95. The van der Waals surface area contributed by atoms with E-state index >= 15 is 0 Å². The standard InChI is InChI=1S/C20H23N3OS/c1-15-8-4-5-9-16(15)12-22(2)20(24)13-23-18-11-7-6-10-17(18)21-19(23)14-25-3/h4-11H,12-14H2,1-3H3. The number of likely N-dealkylation sites (N-methyl/N-ethyl adjacent to an activating group) is 1. The van der Waals surface area contributed by atoms with Gasteiger partial charge in [-0.1, -0.05) is 36.4 Å². The Morgan fingerprint density at radius 2 is 1.88 bits per heavy atom. The number of thioether (sulfide) groups is 1. The van der Waals surface area contributed by atoms with E-state index in [4.69, 9.17) is 0 Å². The molecule has 0 aliphatic carbocycles. The summed E-state index contributed by atoms with van der Waals surface area (Å²) in [6.07, 6.45) is 2.05. The molecule has 1 aromatic heterocycles. The largest absolute Gasteiger partial charge is 0.340 e. The molecule has 5 heteroatoms. The van der Waals surface area contributed by atoms with Crippen LogP contribution in [0.2, 0.25) is 0 Å². The zero-order chi connectivity index (χ0) is 17.8. The van der Waals surface area contributed by atoms with Gasteiger partial charge in [0.15, 0.2) is 0 Å². The summed E-state index contributed by atoms with van der Waals surface area (Å²) in [6.45, 7) is 3.02. The zero-order valence-electron chi connectivity index (χ0n) is 14.9. The van der Waals surface area contributed by atoms with E-state index in [0.29, 0.717) is 13.1 Å². The van der Waals surface area contributed by atoms with Crippen molar-refractivity contribution in [3.63, 3.8) is 0 Å². The Morgan fingerprint density at radius 1 is 1.16 bits per heavy atom. The molecule has 0 aliphatic heterocycles. The molecule has 0 radical (unpaired) electrons. The smallest absolute Gasteiger partial charge is 0.242 e. The first kappa shape index (κ1) is 17.5.